The van der Waals surface area contributed by atoms with Crippen LogP contribution in [0.2, 0.25) is 10.0 Å². The second kappa shape index (κ2) is 8.41. The Kier molecular flexibility index (Phi) is 7.21. The Morgan fingerprint density at radius 1 is 1.32 bits per heavy atom. The Hall–Kier alpha value is -0.770. The van der Waals surface area contributed by atoms with Crippen LogP contribution in [0.3, 0.4) is 0 Å². The van der Waals surface area contributed by atoms with E-state index in [1.54, 1.807) is 12.1 Å². The molecule has 5 heteroatoms. The SMILES string of the molecule is CC(C)CNC(=O)CCNCc1ccc(Cl)cc1Cl. The maximum atomic E-state index is 11.5. The van der Waals surface area contributed by atoms with Gasteiger partial charge in [0.25, 0.3) is 0 Å². The summed E-state index contributed by atoms with van der Waals surface area (Å²) in [5, 5.41) is 7.34. The van der Waals surface area contributed by atoms with Gasteiger partial charge in [0.05, 0.1) is 0 Å². The van der Waals surface area contributed by atoms with Gasteiger partial charge in [0.1, 0.15) is 0 Å². The third-order valence-electron chi connectivity index (χ3n) is 2.57. The van der Waals surface area contributed by atoms with Crippen LogP contribution in [0.4, 0.5) is 0 Å². The molecule has 0 fully saturated rings. The molecule has 0 unspecified atom stereocenters. The number of hydrogen-bond acceptors (Lipinski definition) is 2. The van der Waals surface area contributed by atoms with Crippen molar-refractivity contribution in [2.45, 2.75) is 26.8 Å². The fourth-order valence-electron chi connectivity index (χ4n) is 1.50. The number of carbonyl (C=O) groups is 1. The van der Waals surface area contributed by atoms with Gasteiger partial charge in [-0.25, -0.2) is 0 Å². The van der Waals surface area contributed by atoms with Gasteiger partial charge in [-0.2, -0.15) is 0 Å². The van der Waals surface area contributed by atoms with E-state index in [0.29, 0.717) is 35.5 Å². The highest BCUT2D eigenvalue weighted by Gasteiger charge is 2.03. The molecular formula is C14H20Cl2N2O. The van der Waals surface area contributed by atoms with Crippen LogP contribution >= 0.6 is 23.2 Å². The monoisotopic (exact) mass is 302 g/mol. The molecule has 0 aromatic heterocycles. The number of carbonyl (C=O) groups excluding carboxylic acids is 1. The molecule has 0 atom stereocenters. The highest BCUT2D eigenvalue weighted by molar-refractivity contribution is 6.35. The van der Waals surface area contributed by atoms with Crippen LogP contribution in [0, 0.1) is 5.92 Å². The number of benzene rings is 1. The van der Waals surface area contributed by atoms with Gasteiger partial charge < -0.3 is 10.6 Å². The van der Waals surface area contributed by atoms with Crippen molar-refractivity contribution in [3.8, 4) is 0 Å². The minimum atomic E-state index is 0.0726. The standard InChI is InChI=1S/C14H20Cl2N2O/c1-10(2)8-18-14(19)5-6-17-9-11-3-4-12(15)7-13(11)16/h3-4,7,10,17H,5-6,8-9H2,1-2H3,(H,18,19). The molecule has 0 bridgehead atoms. The minimum absolute atomic E-state index is 0.0726. The van der Waals surface area contributed by atoms with E-state index in [4.69, 9.17) is 23.2 Å². The van der Waals surface area contributed by atoms with Crippen molar-refractivity contribution >= 4 is 29.1 Å². The molecule has 0 saturated heterocycles. The lowest BCUT2D eigenvalue weighted by molar-refractivity contribution is -0.121. The molecule has 1 rings (SSSR count). The molecule has 1 amide bonds. The molecular weight excluding hydrogens is 283 g/mol. The average Bonchev–Trinajstić information content (AvgIpc) is 2.34. The zero-order chi connectivity index (χ0) is 14.3. The zero-order valence-electron chi connectivity index (χ0n) is 11.3. The lowest BCUT2D eigenvalue weighted by Crippen LogP contribution is -2.30. The first-order valence-corrected chi connectivity index (χ1v) is 7.16. The van der Waals surface area contributed by atoms with Crippen LogP contribution in [0.5, 0.6) is 0 Å². The van der Waals surface area contributed by atoms with E-state index in [0.717, 1.165) is 12.1 Å². The summed E-state index contributed by atoms with van der Waals surface area (Å²) in [5.41, 5.74) is 0.980. The predicted octanol–water partition coefficient (Wildman–Crippen LogP) is 3.25. The first kappa shape index (κ1) is 16.3. The van der Waals surface area contributed by atoms with Crippen molar-refractivity contribution in [3.63, 3.8) is 0 Å². The van der Waals surface area contributed by atoms with E-state index in [2.05, 4.69) is 24.5 Å². The normalized spacial score (nSPS) is 10.8. The fourth-order valence-corrected chi connectivity index (χ4v) is 1.97. The first-order chi connectivity index (χ1) is 8.99. The van der Waals surface area contributed by atoms with Crippen molar-refractivity contribution in [1.82, 2.24) is 10.6 Å². The molecule has 19 heavy (non-hydrogen) atoms. The topological polar surface area (TPSA) is 41.1 Å². The van der Waals surface area contributed by atoms with Crippen molar-refractivity contribution < 1.29 is 4.79 Å². The maximum Gasteiger partial charge on any atom is 0.221 e. The van der Waals surface area contributed by atoms with Gasteiger partial charge in [0, 0.05) is 36.1 Å². The lowest BCUT2D eigenvalue weighted by atomic mass is 10.2. The average molecular weight is 303 g/mol. The van der Waals surface area contributed by atoms with Gasteiger partial charge in [-0.3, -0.25) is 4.79 Å². The molecule has 2 N–H and O–H groups in total. The number of nitrogens with one attached hydrogen (secondary N) is 2. The molecule has 0 aliphatic rings. The Morgan fingerprint density at radius 3 is 2.68 bits per heavy atom. The predicted molar refractivity (Wildman–Crippen MR) is 80.6 cm³/mol. The Bertz CT molecular complexity index is 422. The van der Waals surface area contributed by atoms with Crippen LogP contribution < -0.4 is 10.6 Å². The Labute approximate surface area is 124 Å². The minimum Gasteiger partial charge on any atom is -0.356 e. The molecule has 1 aromatic carbocycles. The highest BCUT2D eigenvalue weighted by atomic mass is 35.5. The molecule has 0 radical (unpaired) electrons. The van der Waals surface area contributed by atoms with Crippen LogP contribution in [-0.4, -0.2) is 19.0 Å². The number of hydrogen-bond donors (Lipinski definition) is 2. The van der Waals surface area contributed by atoms with E-state index in [9.17, 15) is 4.79 Å². The quantitative estimate of drug-likeness (QED) is 0.759. The highest BCUT2D eigenvalue weighted by Crippen LogP contribution is 2.20. The second-order valence-electron chi connectivity index (χ2n) is 4.86. The van der Waals surface area contributed by atoms with Gasteiger partial charge in [-0.15, -0.1) is 0 Å². The second-order valence-corrected chi connectivity index (χ2v) is 5.70. The number of amides is 1. The molecule has 0 aliphatic heterocycles. The van der Waals surface area contributed by atoms with Gasteiger partial charge >= 0.3 is 0 Å². The van der Waals surface area contributed by atoms with Crippen LogP contribution in [0.15, 0.2) is 18.2 Å². The summed E-state index contributed by atoms with van der Waals surface area (Å²) >= 11 is 11.9. The fraction of sp³-hybridized carbons (Fsp3) is 0.500. The largest absolute Gasteiger partial charge is 0.356 e. The molecule has 0 spiro atoms. The number of halogens is 2. The Balaban J connectivity index is 2.22. The van der Waals surface area contributed by atoms with Gasteiger partial charge in [0.15, 0.2) is 0 Å². The first-order valence-electron chi connectivity index (χ1n) is 6.40. The lowest BCUT2D eigenvalue weighted by Gasteiger charge is -2.09. The van der Waals surface area contributed by atoms with Crippen molar-refractivity contribution in [3.05, 3.63) is 33.8 Å². The van der Waals surface area contributed by atoms with Crippen LogP contribution in [0.1, 0.15) is 25.8 Å². The summed E-state index contributed by atoms with van der Waals surface area (Å²) in [7, 11) is 0. The van der Waals surface area contributed by atoms with E-state index in [1.165, 1.54) is 0 Å². The van der Waals surface area contributed by atoms with E-state index in [-0.39, 0.29) is 5.91 Å². The summed E-state index contributed by atoms with van der Waals surface area (Å²) in [4.78, 5) is 11.5. The number of rotatable bonds is 7. The van der Waals surface area contributed by atoms with E-state index < -0.39 is 0 Å². The van der Waals surface area contributed by atoms with E-state index in [1.807, 2.05) is 6.07 Å². The third-order valence-corrected chi connectivity index (χ3v) is 3.15. The molecule has 0 saturated carbocycles. The molecule has 3 nitrogen and oxygen atoms in total. The summed E-state index contributed by atoms with van der Waals surface area (Å²) in [6, 6.07) is 5.41. The van der Waals surface area contributed by atoms with Crippen molar-refractivity contribution in [1.29, 1.82) is 0 Å². The van der Waals surface area contributed by atoms with Crippen LogP contribution in [0.25, 0.3) is 0 Å². The van der Waals surface area contributed by atoms with E-state index >= 15 is 0 Å². The molecule has 106 valence electrons. The summed E-state index contributed by atoms with van der Waals surface area (Å²) in [5.74, 6) is 0.549. The van der Waals surface area contributed by atoms with Gasteiger partial charge in [-0.1, -0.05) is 43.1 Å². The summed E-state index contributed by atoms with van der Waals surface area (Å²) in [6.45, 7) is 6.13. The zero-order valence-corrected chi connectivity index (χ0v) is 12.8. The molecule has 1 aromatic rings. The molecule has 0 heterocycles. The smallest absolute Gasteiger partial charge is 0.221 e. The summed E-state index contributed by atoms with van der Waals surface area (Å²) in [6.07, 6.45) is 0.470. The van der Waals surface area contributed by atoms with Crippen LogP contribution in [-0.2, 0) is 11.3 Å². The van der Waals surface area contributed by atoms with Gasteiger partial charge in [-0.05, 0) is 23.6 Å². The van der Waals surface area contributed by atoms with Crippen molar-refractivity contribution in [2.24, 2.45) is 5.92 Å². The van der Waals surface area contributed by atoms with Crippen molar-refractivity contribution in [2.75, 3.05) is 13.1 Å². The third kappa shape index (κ3) is 6.81. The van der Waals surface area contributed by atoms with Gasteiger partial charge in [0.2, 0.25) is 5.91 Å². The molecule has 0 aliphatic carbocycles. The summed E-state index contributed by atoms with van der Waals surface area (Å²) < 4.78 is 0. The Morgan fingerprint density at radius 2 is 2.05 bits per heavy atom. The maximum absolute atomic E-state index is 11.5.